The fourth-order valence-electron chi connectivity index (χ4n) is 10.9. The van der Waals surface area contributed by atoms with Crippen LogP contribution in [0.3, 0.4) is 0 Å². The molecule has 0 N–H and O–H groups in total. The van der Waals surface area contributed by atoms with Gasteiger partial charge in [0.05, 0.1) is 0 Å². The Bertz CT molecular complexity index is 2960. The Balaban J connectivity index is 1.30. The molecule has 3 nitrogen and oxygen atoms in total. The minimum atomic E-state index is -4.13. The van der Waals surface area contributed by atoms with Crippen molar-refractivity contribution in [1.29, 1.82) is 0 Å². The van der Waals surface area contributed by atoms with E-state index >= 15 is 0 Å². The van der Waals surface area contributed by atoms with E-state index in [9.17, 15) is 0 Å². The molecule has 0 saturated heterocycles. The molecule has 0 saturated carbocycles. The summed E-state index contributed by atoms with van der Waals surface area (Å²) in [5.41, 5.74) is 18.0. The van der Waals surface area contributed by atoms with Gasteiger partial charge in [0, 0.05) is 0 Å². The molecule has 3 aliphatic heterocycles. The first-order valence-electron chi connectivity index (χ1n) is 22.1. The van der Waals surface area contributed by atoms with Crippen molar-refractivity contribution in [3.05, 3.63) is 249 Å². The first-order valence-corrected chi connectivity index (χ1v) is 26.3. The van der Waals surface area contributed by atoms with Gasteiger partial charge in [-0.05, 0) is 0 Å². The molecule has 64 heavy (non-hydrogen) atoms. The molecular formula is C60H41GeN3. The van der Waals surface area contributed by atoms with Gasteiger partial charge >= 0.3 is 379 Å². The van der Waals surface area contributed by atoms with E-state index in [1.165, 1.54) is 85.1 Å². The molecule has 0 unspecified atom stereocenters. The van der Waals surface area contributed by atoms with Crippen LogP contribution in [0.2, 0.25) is 0 Å². The van der Waals surface area contributed by atoms with Gasteiger partial charge in [0.1, 0.15) is 0 Å². The summed E-state index contributed by atoms with van der Waals surface area (Å²) in [5.74, 6) is 0. The van der Waals surface area contributed by atoms with Crippen LogP contribution in [0.5, 0.6) is 0 Å². The molecule has 0 spiro atoms. The third-order valence-corrected chi connectivity index (χ3v) is 23.9. The van der Waals surface area contributed by atoms with E-state index in [2.05, 4.69) is 263 Å². The average Bonchev–Trinajstić information content (AvgIpc) is 3.38. The predicted octanol–water partition coefficient (Wildman–Crippen LogP) is 13.4. The first kappa shape index (κ1) is 36.8. The molecule has 300 valence electrons. The van der Waals surface area contributed by atoms with Crippen molar-refractivity contribution in [2.75, 3.05) is 14.7 Å². The molecule has 0 fully saturated rings. The second kappa shape index (κ2) is 14.6. The third-order valence-electron chi connectivity index (χ3n) is 13.4. The first-order chi connectivity index (χ1) is 31.8. The van der Waals surface area contributed by atoms with E-state index in [0.717, 1.165) is 17.1 Å². The fraction of sp³-hybridized carbons (Fsp3) is 0. The number of hydrogen-bond acceptors (Lipinski definition) is 3. The fourth-order valence-corrected chi connectivity index (χ4v) is 22.9. The maximum atomic E-state index is 2.60. The van der Waals surface area contributed by atoms with Crippen LogP contribution < -0.4 is 32.3 Å². The summed E-state index contributed by atoms with van der Waals surface area (Å²) in [7, 11) is 0. The Hall–Kier alpha value is -7.86. The van der Waals surface area contributed by atoms with Crippen LogP contribution in [0, 0.1) is 0 Å². The molecule has 10 aromatic carbocycles. The van der Waals surface area contributed by atoms with Gasteiger partial charge in [-0.2, -0.15) is 0 Å². The summed E-state index contributed by atoms with van der Waals surface area (Å²) in [4.78, 5) is 7.80. The number of rotatable bonds is 7. The molecule has 3 heterocycles. The number of para-hydroxylation sites is 3. The van der Waals surface area contributed by atoms with E-state index in [1.54, 1.807) is 0 Å². The summed E-state index contributed by atoms with van der Waals surface area (Å²) in [6, 6.07) is 92.7. The zero-order chi connectivity index (χ0) is 42.2. The van der Waals surface area contributed by atoms with Crippen LogP contribution in [-0.4, -0.2) is 13.3 Å². The molecule has 10 aromatic rings. The summed E-state index contributed by atoms with van der Waals surface area (Å²) in [6.45, 7) is 0. The van der Waals surface area contributed by atoms with E-state index in [1.807, 2.05) is 0 Å². The summed E-state index contributed by atoms with van der Waals surface area (Å²) in [5, 5.41) is 0. The van der Waals surface area contributed by atoms with Crippen LogP contribution in [0.1, 0.15) is 0 Å². The van der Waals surface area contributed by atoms with Crippen LogP contribution in [0.4, 0.5) is 51.2 Å². The summed E-state index contributed by atoms with van der Waals surface area (Å²) < 4.78 is 5.78. The average molecular weight is 877 g/mol. The quantitative estimate of drug-likeness (QED) is 0.148. The van der Waals surface area contributed by atoms with Crippen molar-refractivity contribution in [2.45, 2.75) is 0 Å². The summed E-state index contributed by atoms with van der Waals surface area (Å²) in [6.07, 6.45) is 0. The van der Waals surface area contributed by atoms with Gasteiger partial charge in [-0.25, -0.2) is 0 Å². The monoisotopic (exact) mass is 877 g/mol. The van der Waals surface area contributed by atoms with Gasteiger partial charge < -0.3 is 0 Å². The van der Waals surface area contributed by atoms with E-state index in [0.29, 0.717) is 0 Å². The standard InChI is InChI=1S/C60H41GeN3/c1-8-22-42(23-9-1)45-36-52-58-53(37-45)63(50-32-18-6-19-33-50)55-39-47(44-26-12-3-13-27-44)41-57-60(55)61(58,48-28-14-4-15-29-48)59-54(62(52)49-30-16-5-17-31-49)38-46(43-24-10-2-11-25-43)40-56(59)64(57)51-34-20-7-21-35-51/h1-41H. The summed E-state index contributed by atoms with van der Waals surface area (Å²) >= 11 is -4.13. The Morgan fingerprint density at radius 2 is 0.438 bits per heavy atom. The van der Waals surface area contributed by atoms with Gasteiger partial charge in [-0.3, -0.25) is 0 Å². The van der Waals surface area contributed by atoms with Crippen molar-refractivity contribution >= 4 is 82.0 Å². The van der Waals surface area contributed by atoms with E-state index < -0.39 is 13.3 Å². The normalized spacial score (nSPS) is 13.7. The van der Waals surface area contributed by atoms with Gasteiger partial charge in [0.2, 0.25) is 0 Å². The van der Waals surface area contributed by atoms with Crippen LogP contribution in [-0.2, 0) is 0 Å². The Labute approximate surface area is 376 Å². The van der Waals surface area contributed by atoms with Crippen molar-refractivity contribution in [2.24, 2.45) is 0 Å². The topological polar surface area (TPSA) is 9.72 Å². The van der Waals surface area contributed by atoms with Crippen molar-refractivity contribution in [1.82, 2.24) is 0 Å². The van der Waals surface area contributed by atoms with Crippen molar-refractivity contribution < 1.29 is 0 Å². The number of anilines is 9. The number of hydrogen-bond donors (Lipinski definition) is 0. The molecule has 0 aromatic heterocycles. The molecule has 0 aliphatic carbocycles. The Kier molecular flexibility index (Phi) is 8.40. The van der Waals surface area contributed by atoms with Gasteiger partial charge in [0.25, 0.3) is 0 Å². The zero-order valence-electron chi connectivity index (χ0n) is 35.0. The molecule has 4 heteroatoms. The number of nitrogens with zero attached hydrogens (tertiary/aromatic N) is 3. The molecular weight excluding hydrogens is 835 g/mol. The third kappa shape index (κ3) is 5.41. The van der Waals surface area contributed by atoms with Gasteiger partial charge in [-0.15, -0.1) is 0 Å². The molecule has 0 radical (unpaired) electrons. The Morgan fingerprint density at radius 3 is 0.688 bits per heavy atom. The minimum absolute atomic E-state index is 1.14. The Morgan fingerprint density at radius 1 is 0.219 bits per heavy atom. The second-order valence-electron chi connectivity index (χ2n) is 16.9. The van der Waals surface area contributed by atoms with Crippen molar-refractivity contribution in [3.63, 3.8) is 0 Å². The SMILES string of the molecule is c1ccc(-c2cc3[c]4c(c2)N(c2ccccc2)c2cc(-c5ccccc5)cc5[c]2[Ge]4([c]2ccccc2)[c]2c(cc(-c4ccccc4)cc2N5c2ccccc2)N3c2ccccc2)cc1. The molecule has 0 bridgehead atoms. The van der Waals surface area contributed by atoms with E-state index in [-0.39, 0.29) is 0 Å². The van der Waals surface area contributed by atoms with Crippen molar-refractivity contribution in [3.8, 4) is 33.4 Å². The van der Waals surface area contributed by atoms with Crippen LogP contribution in [0.25, 0.3) is 33.4 Å². The van der Waals surface area contributed by atoms with Gasteiger partial charge in [0.15, 0.2) is 0 Å². The molecule has 13 rings (SSSR count). The van der Waals surface area contributed by atoms with E-state index in [4.69, 9.17) is 0 Å². The zero-order valence-corrected chi connectivity index (χ0v) is 37.1. The van der Waals surface area contributed by atoms with Gasteiger partial charge in [-0.1, -0.05) is 0 Å². The molecule has 0 atom stereocenters. The maximum absolute atomic E-state index is 4.13. The number of benzene rings is 10. The van der Waals surface area contributed by atoms with Crippen LogP contribution in [0.15, 0.2) is 249 Å². The predicted molar refractivity (Wildman–Crippen MR) is 271 cm³/mol. The second-order valence-corrected chi connectivity index (χ2v) is 24.4. The van der Waals surface area contributed by atoms with Crippen LogP contribution >= 0.6 is 0 Å². The molecule has 3 aliphatic rings. The molecule has 0 amide bonds.